The molecule has 0 amide bonds. The average molecular weight is 302 g/mol. The monoisotopic (exact) mass is 301 g/mol. The standard InChI is InChI=1S/C15H12ClN3O2/c1-9-11-7-17-15(16)6-13(11)19(18-9)12-4-3-10(8-20)5-14(12)21-2/h3-8H,1-2H3. The first-order valence-corrected chi connectivity index (χ1v) is 6.66. The van der Waals surface area contributed by atoms with Crippen molar-refractivity contribution in [3.8, 4) is 11.4 Å². The second-order valence-electron chi connectivity index (χ2n) is 4.57. The van der Waals surface area contributed by atoms with Crippen molar-refractivity contribution >= 4 is 28.8 Å². The minimum atomic E-state index is 0.395. The zero-order valence-electron chi connectivity index (χ0n) is 11.5. The van der Waals surface area contributed by atoms with Crippen LogP contribution in [-0.4, -0.2) is 28.2 Å². The maximum atomic E-state index is 10.9. The van der Waals surface area contributed by atoms with Crippen molar-refractivity contribution in [3.63, 3.8) is 0 Å². The summed E-state index contributed by atoms with van der Waals surface area (Å²) in [4.78, 5) is 15.0. The fourth-order valence-electron chi connectivity index (χ4n) is 2.26. The highest BCUT2D eigenvalue weighted by atomic mass is 35.5. The van der Waals surface area contributed by atoms with Crippen LogP contribution in [0.15, 0.2) is 30.5 Å². The summed E-state index contributed by atoms with van der Waals surface area (Å²) in [6, 6.07) is 6.94. The SMILES string of the molecule is COc1cc(C=O)ccc1-n1nc(C)c2cnc(Cl)cc21. The van der Waals surface area contributed by atoms with E-state index in [0.717, 1.165) is 28.6 Å². The molecule has 6 heteroatoms. The lowest BCUT2D eigenvalue weighted by Crippen LogP contribution is -2.01. The number of nitrogens with zero attached hydrogens (tertiary/aromatic N) is 3. The first-order valence-electron chi connectivity index (χ1n) is 6.28. The fourth-order valence-corrected chi connectivity index (χ4v) is 2.41. The predicted molar refractivity (Wildman–Crippen MR) is 80.6 cm³/mol. The first-order chi connectivity index (χ1) is 10.1. The maximum absolute atomic E-state index is 10.9. The normalized spacial score (nSPS) is 10.8. The number of ether oxygens (including phenoxy) is 1. The van der Waals surface area contributed by atoms with Crippen molar-refractivity contribution in [2.75, 3.05) is 7.11 Å². The fraction of sp³-hybridized carbons (Fsp3) is 0.133. The third kappa shape index (κ3) is 2.25. The quantitative estimate of drug-likeness (QED) is 0.550. The molecule has 106 valence electrons. The molecule has 0 bridgehead atoms. The molecule has 5 nitrogen and oxygen atoms in total. The van der Waals surface area contributed by atoms with Crippen molar-refractivity contribution in [1.82, 2.24) is 14.8 Å². The number of benzene rings is 1. The number of aromatic nitrogens is 3. The van der Waals surface area contributed by atoms with E-state index in [2.05, 4.69) is 10.1 Å². The molecule has 0 spiro atoms. The van der Waals surface area contributed by atoms with Crippen LogP contribution in [0.4, 0.5) is 0 Å². The molecule has 2 aromatic heterocycles. The van der Waals surface area contributed by atoms with Gasteiger partial charge in [-0.3, -0.25) is 4.79 Å². The Balaban J connectivity index is 2.30. The molecule has 0 fully saturated rings. The first kappa shape index (κ1) is 13.6. The van der Waals surface area contributed by atoms with Crippen molar-refractivity contribution in [1.29, 1.82) is 0 Å². The Hall–Kier alpha value is -2.40. The topological polar surface area (TPSA) is 57.0 Å². The third-order valence-electron chi connectivity index (χ3n) is 3.28. The van der Waals surface area contributed by atoms with Gasteiger partial charge in [0.25, 0.3) is 0 Å². The van der Waals surface area contributed by atoms with Crippen LogP contribution in [0.1, 0.15) is 16.1 Å². The van der Waals surface area contributed by atoms with Crippen LogP contribution in [0.25, 0.3) is 16.6 Å². The Morgan fingerprint density at radius 1 is 1.33 bits per heavy atom. The summed E-state index contributed by atoms with van der Waals surface area (Å²) in [7, 11) is 1.56. The van der Waals surface area contributed by atoms with Crippen molar-refractivity contribution in [2.45, 2.75) is 6.92 Å². The molecule has 0 radical (unpaired) electrons. The van der Waals surface area contributed by atoms with Crippen LogP contribution < -0.4 is 4.74 Å². The van der Waals surface area contributed by atoms with Crippen LogP contribution in [0, 0.1) is 6.92 Å². The second kappa shape index (κ2) is 5.18. The van der Waals surface area contributed by atoms with Crippen molar-refractivity contribution in [3.05, 3.63) is 46.9 Å². The van der Waals surface area contributed by atoms with Gasteiger partial charge in [-0.15, -0.1) is 0 Å². The molecule has 0 unspecified atom stereocenters. The van der Waals surface area contributed by atoms with E-state index in [1.807, 2.05) is 6.92 Å². The van der Waals surface area contributed by atoms with Gasteiger partial charge in [-0.1, -0.05) is 11.6 Å². The number of rotatable bonds is 3. The highest BCUT2D eigenvalue weighted by Gasteiger charge is 2.14. The lowest BCUT2D eigenvalue weighted by atomic mass is 10.2. The van der Waals surface area contributed by atoms with Gasteiger partial charge in [-0.2, -0.15) is 5.10 Å². The van der Waals surface area contributed by atoms with Gasteiger partial charge in [0.15, 0.2) is 0 Å². The summed E-state index contributed by atoms with van der Waals surface area (Å²) in [6.45, 7) is 1.90. The summed E-state index contributed by atoms with van der Waals surface area (Å²) in [5, 5.41) is 5.83. The Morgan fingerprint density at radius 2 is 2.14 bits per heavy atom. The second-order valence-corrected chi connectivity index (χ2v) is 4.96. The van der Waals surface area contributed by atoms with E-state index in [9.17, 15) is 4.79 Å². The molecule has 0 aliphatic carbocycles. The number of carbonyl (C=O) groups is 1. The lowest BCUT2D eigenvalue weighted by molar-refractivity contribution is 0.112. The Kier molecular flexibility index (Phi) is 3.35. The van der Waals surface area contributed by atoms with Crippen LogP contribution >= 0.6 is 11.6 Å². The van der Waals surface area contributed by atoms with Gasteiger partial charge >= 0.3 is 0 Å². The number of halogens is 1. The van der Waals surface area contributed by atoms with Gasteiger partial charge in [0.2, 0.25) is 0 Å². The molecule has 3 rings (SSSR count). The molecule has 0 saturated carbocycles. The number of hydrogen-bond acceptors (Lipinski definition) is 4. The van der Waals surface area contributed by atoms with Gasteiger partial charge < -0.3 is 4.74 Å². The molecule has 0 atom stereocenters. The number of pyridine rings is 1. The van der Waals surface area contributed by atoms with Gasteiger partial charge in [-0.25, -0.2) is 9.67 Å². The minimum Gasteiger partial charge on any atom is -0.494 e. The summed E-state index contributed by atoms with van der Waals surface area (Å²) < 4.78 is 7.10. The number of methoxy groups -OCH3 is 1. The van der Waals surface area contributed by atoms with Gasteiger partial charge in [0.05, 0.1) is 18.3 Å². The number of aryl methyl sites for hydroxylation is 1. The third-order valence-corrected chi connectivity index (χ3v) is 3.49. The van der Waals surface area contributed by atoms with E-state index >= 15 is 0 Å². The van der Waals surface area contributed by atoms with E-state index in [4.69, 9.17) is 16.3 Å². The van der Waals surface area contributed by atoms with Gasteiger partial charge in [-0.05, 0) is 25.1 Å². The molecule has 0 aliphatic heterocycles. The van der Waals surface area contributed by atoms with E-state index in [1.54, 1.807) is 42.3 Å². The highest BCUT2D eigenvalue weighted by molar-refractivity contribution is 6.30. The van der Waals surface area contributed by atoms with Crippen LogP contribution in [0.5, 0.6) is 5.75 Å². The van der Waals surface area contributed by atoms with Crippen molar-refractivity contribution < 1.29 is 9.53 Å². The van der Waals surface area contributed by atoms with Gasteiger partial charge in [0.1, 0.15) is 22.9 Å². The Morgan fingerprint density at radius 3 is 2.86 bits per heavy atom. The van der Waals surface area contributed by atoms with Crippen molar-refractivity contribution in [2.24, 2.45) is 0 Å². The summed E-state index contributed by atoms with van der Waals surface area (Å²) in [5.74, 6) is 0.567. The average Bonchev–Trinajstić information content (AvgIpc) is 2.82. The summed E-state index contributed by atoms with van der Waals surface area (Å²) in [5.41, 5.74) is 2.97. The largest absolute Gasteiger partial charge is 0.494 e. The van der Waals surface area contributed by atoms with Crippen LogP contribution in [-0.2, 0) is 0 Å². The molecular formula is C15H12ClN3O2. The minimum absolute atomic E-state index is 0.395. The van der Waals surface area contributed by atoms with E-state index in [1.165, 1.54) is 0 Å². The lowest BCUT2D eigenvalue weighted by Gasteiger charge is -2.10. The molecule has 21 heavy (non-hydrogen) atoms. The Bertz CT molecular complexity index is 842. The summed E-state index contributed by atoms with van der Waals surface area (Å²) >= 11 is 5.98. The molecule has 1 aromatic carbocycles. The smallest absolute Gasteiger partial charge is 0.150 e. The molecule has 0 aliphatic rings. The molecule has 0 N–H and O–H groups in total. The summed E-state index contributed by atoms with van der Waals surface area (Å²) in [6.07, 6.45) is 2.47. The van der Waals surface area contributed by atoms with E-state index in [0.29, 0.717) is 16.5 Å². The number of fused-ring (bicyclic) bond motifs is 1. The molecule has 2 heterocycles. The van der Waals surface area contributed by atoms with E-state index < -0.39 is 0 Å². The number of carbonyl (C=O) groups excluding carboxylic acids is 1. The predicted octanol–water partition coefficient (Wildman–Crippen LogP) is 3.20. The maximum Gasteiger partial charge on any atom is 0.150 e. The highest BCUT2D eigenvalue weighted by Crippen LogP contribution is 2.29. The zero-order valence-corrected chi connectivity index (χ0v) is 12.3. The zero-order chi connectivity index (χ0) is 15.0. The number of hydrogen-bond donors (Lipinski definition) is 0. The van der Waals surface area contributed by atoms with Crippen LogP contribution in [0.3, 0.4) is 0 Å². The number of aldehydes is 1. The Labute approximate surface area is 126 Å². The molecule has 3 aromatic rings. The van der Waals surface area contributed by atoms with Crippen LogP contribution in [0.2, 0.25) is 5.15 Å². The van der Waals surface area contributed by atoms with E-state index in [-0.39, 0.29) is 0 Å². The molecular weight excluding hydrogens is 290 g/mol. The molecule has 0 saturated heterocycles. The van der Waals surface area contributed by atoms with Gasteiger partial charge in [0, 0.05) is 23.2 Å².